The van der Waals surface area contributed by atoms with Crippen molar-refractivity contribution in [1.82, 2.24) is 24.9 Å². The average molecular weight is 420 g/mol. The molecular formula is C22H24N6O3. The summed E-state index contributed by atoms with van der Waals surface area (Å²) in [6, 6.07) is 10.6. The summed E-state index contributed by atoms with van der Waals surface area (Å²) < 4.78 is 2.85. The molecule has 9 heteroatoms. The van der Waals surface area contributed by atoms with E-state index in [0.29, 0.717) is 12.4 Å². The molecular weight excluding hydrogens is 396 g/mol. The second-order valence-electron chi connectivity index (χ2n) is 7.67. The van der Waals surface area contributed by atoms with E-state index >= 15 is 0 Å². The van der Waals surface area contributed by atoms with Crippen LogP contribution in [0.1, 0.15) is 17.5 Å². The first-order valence-corrected chi connectivity index (χ1v) is 10.2. The zero-order valence-corrected chi connectivity index (χ0v) is 17.5. The van der Waals surface area contributed by atoms with Gasteiger partial charge in [0.25, 0.3) is 5.56 Å². The highest BCUT2D eigenvalue weighted by atomic mass is 16.2. The Morgan fingerprint density at radius 2 is 2.00 bits per heavy atom. The van der Waals surface area contributed by atoms with E-state index in [1.165, 1.54) is 10.7 Å². The first-order valence-electron chi connectivity index (χ1n) is 10.2. The molecule has 1 saturated heterocycles. The molecule has 0 aliphatic carbocycles. The van der Waals surface area contributed by atoms with Crippen molar-refractivity contribution in [2.75, 3.05) is 18.0 Å². The van der Waals surface area contributed by atoms with Crippen LogP contribution in [0.4, 0.5) is 5.69 Å². The predicted octanol–water partition coefficient (Wildman–Crippen LogP) is 1.22. The quantitative estimate of drug-likeness (QED) is 0.646. The summed E-state index contributed by atoms with van der Waals surface area (Å²) in [5.74, 6) is -0.167. The lowest BCUT2D eigenvalue weighted by atomic mass is 10.1. The van der Waals surface area contributed by atoms with Gasteiger partial charge in [0.1, 0.15) is 0 Å². The van der Waals surface area contributed by atoms with Gasteiger partial charge >= 0.3 is 0 Å². The van der Waals surface area contributed by atoms with E-state index in [0.717, 1.165) is 16.8 Å². The van der Waals surface area contributed by atoms with E-state index in [9.17, 15) is 14.4 Å². The van der Waals surface area contributed by atoms with Crippen molar-refractivity contribution < 1.29 is 9.59 Å². The topological polar surface area (TPSA) is 102 Å². The molecule has 1 aromatic carbocycles. The van der Waals surface area contributed by atoms with Gasteiger partial charge in [-0.3, -0.25) is 14.4 Å². The van der Waals surface area contributed by atoms with Crippen molar-refractivity contribution in [3.05, 3.63) is 70.3 Å². The molecule has 0 bridgehead atoms. The van der Waals surface area contributed by atoms with Gasteiger partial charge in [-0.25, -0.2) is 9.36 Å². The van der Waals surface area contributed by atoms with Crippen LogP contribution in [0.2, 0.25) is 0 Å². The number of aryl methyl sites for hydroxylation is 2. The SMILES string of the molecule is Cc1ccc(N2CC(C(=O)NCCn3nc(-n4cccn4)ccc3=O)CC2=O)cc1C. The zero-order valence-electron chi connectivity index (χ0n) is 17.5. The third kappa shape index (κ3) is 4.40. The number of rotatable bonds is 6. The van der Waals surface area contributed by atoms with Crippen molar-refractivity contribution >= 4 is 17.5 Å². The monoisotopic (exact) mass is 420 g/mol. The first kappa shape index (κ1) is 20.5. The minimum Gasteiger partial charge on any atom is -0.354 e. The molecule has 3 aromatic rings. The van der Waals surface area contributed by atoms with Gasteiger partial charge in [0.15, 0.2) is 5.82 Å². The van der Waals surface area contributed by atoms with Crippen molar-refractivity contribution in [3.8, 4) is 5.82 Å². The molecule has 1 aliphatic rings. The molecule has 1 aliphatic heterocycles. The Labute approximate surface area is 179 Å². The van der Waals surface area contributed by atoms with Crippen LogP contribution in [0.5, 0.6) is 0 Å². The van der Waals surface area contributed by atoms with Crippen LogP contribution in [-0.4, -0.2) is 44.5 Å². The maximum Gasteiger partial charge on any atom is 0.266 e. The second kappa shape index (κ2) is 8.55. The molecule has 2 aromatic heterocycles. The normalized spacial score (nSPS) is 16.0. The minimum absolute atomic E-state index is 0.0618. The highest BCUT2D eigenvalue weighted by molar-refractivity contribution is 6.00. The van der Waals surface area contributed by atoms with Crippen molar-refractivity contribution in [1.29, 1.82) is 0 Å². The Kier molecular flexibility index (Phi) is 5.66. The van der Waals surface area contributed by atoms with Crippen molar-refractivity contribution in [2.45, 2.75) is 26.8 Å². The number of hydrogen-bond donors (Lipinski definition) is 1. The number of anilines is 1. The predicted molar refractivity (Wildman–Crippen MR) is 115 cm³/mol. The van der Waals surface area contributed by atoms with Gasteiger partial charge in [-0.05, 0) is 49.2 Å². The molecule has 0 radical (unpaired) electrons. The highest BCUT2D eigenvalue weighted by Gasteiger charge is 2.35. The summed E-state index contributed by atoms with van der Waals surface area (Å²) in [6.07, 6.45) is 3.53. The smallest absolute Gasteiger partial charge is 0.266 e. The van der Waals surface area contributed by atoms with Crippen molar-refractivity contribution in [3.63, 3.8) is 0 Å². The van der Waals surface area contributed by atoms with E-state index < -0.39 is 5.92 Å². The summed E-state index contributed by atoms with van der Waals surface area (Å²) in [4.78, 5) is 38.8. The Bertz CT molecular complexity index is 1170. The standard InChI is InChI=1S/C22H24N6O3/c1-15-4-5-18(12-16(15)2)26-14-17(13-21(26)30)22(31)23-9-11-28-20(29)7-6-19(25-28)27-10-3-8-24-27/h3-8,10,12,17H,9,11,13-14H2,1-2H3,(H,23,31). The van der Waals surface area contributed by atoms with E-state index in [2.05, 4.69) is 15.5 Å². The van der Waals surface area contributed by atoms with Gasteiger partial charge in [0.2, 0.25) is 11.8 Å². The highest BCUT2D eigenvalue weighted by Crippen LogP contribution is 2.26. The Morgan fingerprint density at radius 1 is 1.16 bits per heavy atom. The second-order valence-corrected chi connectivity index (χ2v) is 7.67. The fraction of sp³-hybridized carbons (Fsp3) is 0.318. The van der Waals surface area contributed by atoms with Crippen LogP contribution < -0.4 is 15.8 Å². The molecule has 2 amide bonds. The lowest BCUT2D eigenvalue weighted by Gasteiger charge is -2.18. The molecule has 3 heterocycles. The van der Waals surface area contributed by atoms with Gasteiger partial charge in [0, 0.05) is 43.7 Å². The number of aromatic nitrogens is 4. The van der Waals surface area contributed by atoms with Crippen LogP contribution in [0, 0.1) is 19.8 Å². The van der Waals surface area contributed by atoms with Crippen LogP contribution in [0.3, 0.4) is 0 Å². The summed E-state index contributed by atoms with van der Waals surface area (Å²) in [5, 5.41) is 11.2. The fourth-order valence-corrected chi connectivity index (χ4v) is 3.58. The molecule has 0 saturated carbocycles. The third-order valence-corrected chi connectivity index (χ3v) is 5.51. The first-order chi connectivity index (χ1) is 14.9. The Morgan fingerprint density at radius 3 is 2.74 bits per heavy atom. The molecule has 4 rings (SSSR count). The number of nitrogens with one attached hydrogen (secondary N) is 1. The van der Waals surface area contributed by atoms with E-state index in [1.807, 2.05) is 32.0 Å². The molecule has 160 valence electrons. The number of carbonyl (C=O) groups excluding carboxylic acids is 2. The van der Waals surface area contributed by atoms with E-state index in [1.54, 1.807) is 34.1 Å². The van der Waals surface area contributed by atoms with Gasteiger partial charge in [-0.15, -0.1) is 5.10 Å². The van der Waals surface area contributed by atoms with Gasteiger partial charge in [0.05, 0.1) is 12.5 Å². The maximum absolute atomic E-state index is 12.6. The Hall–Kier alpha value is -3.75. The average Bonchev–Trinajstić information content (AvgIpc) is 3.41. The summed E-state index contributed by atoms with van der Waals surface area (Å²) in [5.41, 5.74) is 2.82. The van der Waals surface area contributed by atoms with E-state index in [-0.39, 0.29) is 36.9 Å². The lowest BCUT2D eigenvalue weighted by Crippen LogP contribution is -2.36. The maximum atomic E-state index is 12.6. The number of carbonyl (C=O) groups is 2. The summed E-state index contributed by atoms with van der Waals surface area (Å²) in [6.45, 7) is 4.83. The molecule has 31 heavy (non-hydrogen) atoms. The molecule has 1 unspecified atom stereocenters. The summed E-state index contributed by atoms with van der Waals surface area (Å²) >= 11 is 0. The summed E-state index contributed by atoms with van der Waals surface area (Å²) in [7, 11) is 0. The largest absolute Gasteiger partial charge is 0.354 e. The molecule has 1 atom stereocenters. The van der Waals surface area contributed by atoms with Gasteiger partial charge < -0.3 is 10.2 Å². The number of benzene rings is 1. The van der Waals surface area contributed by atoms with Gasteiger partial charge in [-0.2, -0.15) is 5.10 Å². The Balaban J connectivity index is 1.35. The van der Waals surface area contributed by atoms with Crippen molar-refractivity contribution in [2.24, 2.45) is 5.92 Å². The van der Waals surface area contributed by atoms with Crippen LogP contribution >= 0.6 is 0 Å². The number of amides is 2. The molecule has 1 fully saturated rings. The molecule has 1 N–H and O–H groups in total. The third-order valence-electron chi connectivity index (χ3n) is 5.51. The van der Waals surface area contributed by atoms with Crippen LogP contribution in [-0.2, 0) is 16.1 Å². The van der Waals surface area contributed by atoms with Gasteiger partial charge in [-0.1, -0.05) is 6.07 Å². The number of hydrogen-bond acceptors (Lipinski definition) is 5. The minimum atomic E-state index is -0.422. The number of nitrogens with zero attached hydrogens (tertiary/aromatic N) is 5. The lowest BCUT2D eigenvalue weighted by molar-refractivity contribution is -0.126. The van der Waals surface area contributed by atoms with E-state index in [4.69, 9.17) is 0 Å². The zero-order chi connectivity index (χ0) is 22.0. The van der Waals surface area contributed by atoms with Crippen LogP contribution in [0.25, 0.3) is 5.82 Å². The molecule has 9 nitrogen and oxygen atoms in total. The fourth-order valence-electron chi connectivity index (χ4n) is 3.58. The van der Waals surface area contributed by atoms with Crippen LogP contribution in [0.15, 0.2) is 53.6 Å². The molecule has 0 spiro atoms.